The standard InChI is InChI=1S/C16H25BO2/c1-12-9-7-8-10-14(12)13(2)11-17-18-15(3,4)16(5,6)19-17/h7-10,13H,11H2,1-6H3. The average molecular weight is 260 g/mol. The minimum atomic E-state index is -0.233. The molecule has 1 unspecified atom stereocenters. The Kier molecular flexibility index (Phi) is 3.81. The molecule has 0 N–H and O–H groups in total. The van der Waals surface area contributed by atoms with Gasteiger partial charge in [-0.15, -0.1) is 0 Å². The summed E-state index contributed by atoms with van der Waals surface area (Å²) >= 11 is 0. The predicted molar refractivity (Wildman–Crippen MR) is 80.5 cm³/mol. The van der Waals surface area contributed by atoms with Gasteiger partial charge in [-0.3, -0.25) is 0 Å². The van der Waals surface area contributed by atoms with Crippen molar-refractivity contribution in [1.29, 1.82) is 0 Å². The van der Waals surface area contributed by atoms with Gasteiger partial charge in [-0.2, -0.15) is 0 Å². The third kappa shape index (κ3) is 2.87. The minimum absolute atomic E-state index is 0.111. The average Bonchev–Trinajstić information content (AvgIpc) is 2.47. The van der Waals surface area contributed by atoms with Gasteiger partial charge in [0, 0.05) is 0 Å². The summed E-state index contributed by atoms with van der Waals surface area (Å²) in [5, 5.41) is 0. The van der Waals surface area contributed by atoms with Crippen molar-refractivity contribution in [3.63, 3.8) is 0 Å². The molecule has 1 atom stereocenters. The number of benzene rings is 1. The van der Waals surface area contributed by atoms with Crippen LogP contribution in [-0.4, -0.2) is 18.3 Å². The van der Waals surface area contributed by atoms with E-state index in [9.17, 15) is 0 Å². The molecule has 0 bridgehead atoms. The second kappa shape index (κ2) is 4.95. The lowest BCUT2D eigenvalue weighted by Crippen LogP contribution is -2.41. The molecular weight excluding hydrogens is 235 g/mol. The van der Waals surface area contributed by atoms with Gasteiger partial charge in [0.05, 0.1) is 11.2 Å². The van der Waals surface area contributed by atoms with Crippen molar-refractivity contribution >= 4 is 7.12 Å². The highest BCUT2D eigenvalue weighted by Gasteiger charge is 2.51. The van der Waals surface area contributed by atoms with E-state index in [1.165, 1.54) is 11.1 Å². The molecule has 2 rings (SSSR count). The van der Waals surface area contributed by atoms with Gasteiger partial charge in [0.25, 0.3) is 0 Å². The largest absolute Gasteiger partial charge is 0.458 e. The van der Waals surface area contributed by atoms with Gasteiger partial charge in [-0.1, -0.05) is 31.2 Å². The first-order valence-corrected chi connectivity index (χ1v) is 7.14. The van der Waals surface area contributed by atoms with Crippen molar-refractivity contribution in [1.82, 2.24) is 0 Å². The lowest BCUT2D eigenvalue weighted by atomic mass is 9.75. The Bertz CT molecular complexity index is 438. The quantitative estimate of drug-likeness (QED) is 0.758. The van der Waals surface area contributed by atoms with E-state index in [0.29, 0.717) is 5.92 Å². The van der Waals surface area contributed by atoms with Gasteiger partial charge in [0.2, 0.25) is 0 Å². The maximum absolute atomic E-state index is 6.07. The Morgan fingerprint density at radius 2 is 1.58 bits per heavy atom. The van der Waals surface area contributed by atoms with Crippen LogP contribution in [0.1, 0.15) is 51.7 Å². The van der Waals surface area contributed by atoms with Crippen LogP contribution < -0.4 is 0 Å². The second-order valence-corrected chi connectivity index (χ2v) is 6.68. The van der Waals surface area contributed by atoms with Crippen LogP contribution in [0.25, 0.3) is 0 Å². The van der Waals surface area contributed by atoms with Gasteiger partial charge in [0.1, 0.15) is 0 Å². The van der Waals surface area contributed by atoms with E-state index >= 15 is 0 Å². The summed E-state index contributed by atoms with van der Waals surface area (Å²) in [6.07, 6.45) is 0.901. The summed E-state index contributed by atoms with van der Waals surface area (Å²) in [5.74, 6) is 0.441. The van der Waals surface area contributed by atoms with Gasteiger partial charge in [-0.05, 0) is 58.0 Å². The topological polar surface area (TPSA) is 18.5 Å². The lowest BCUT2D eigenvalue weighted by molar-refractivity contribution is 0.00578. The molecule has 0 aliphatic carbocycles. The predicted octanol–water partition coefficient (Wildman–Crippen LogP) is 4.19. The van der Waals surface area contributed by atoms with Crippen LogP contribution in [0.15, 0.2) is 24.3 Å². The minimum Gasteiger partial charge on any atom is -0.403 e. The molecule has 1 aromatic carbocycles. The molecule has 1 aromatic rings. The number of hydrogen-bond acceptors (Lipinski definition) is 2. The van der Waals surface area contributed by atoms with Gasteiger partial charge >= 0.3 is 7.12 Å². The number of hydrogen-bond donors (Lipinski definition) is 0. The van der Waals surface area contributed by atoms with Gasteiger partial charge in [0.15, 0.2) is 0 Å². The highest BCUT2D eigenvalue weighted by molar-refractivity contribution is 6.45. The van der Waals surface area contributed by atoms with Crippen molar-refractivity contribution in [3.05, 3.63) is 35.4 Å². The zero-order valence-electron chi connectivity index (χ0n) is 13.0. The van der Waals surface area contributed by atoms with E-state index < -0.39 is 0 Å². The van der Waals surface area contributed by atoms with Crippen molar-refractivity contribution in [2.75, 3.05) is 0 Å². The number of rotatable bonds is 3. The van der Waals surface area contributed by atoms with E-state index in [-0.39, 0.29) is 18.3 Å². The summed E-state index contributed by atoms with van der Waals surface area (Å²) in [7, 11) is -0.111. The fourth-order valence-corrected chi connectivity index (χ4v) is 2.62. The van der Waals surface area contributed by atoms with E-state index in [2.05, 4.69) is 65.8 Å². The molecule has 3 heteroatoms. The molecule has 1 saturated heterocycles. The Hall–Kier alpha value is -0.795. The molecule has 1 aliphatic rings. The highest BCUT2D eigenvalue weighted by Crippen LogP contribution is 2.39. The van der Waals surface area contributed by atoms with E-state index in [1.807, 2.05) is 0 Å². The highest BCUT2D eigenvalue weighted by atomic mass is 16.7. The van der Waals surface area contributed by atoms with Crippen molar-refractivity contribution < 1.29 is 9.31 Å². The molecule has 0 radical (unpaired) electrons. The Morgan fingerprint density at radius 1 is 1.05 bits per heavy atom. The molecule has 1 aliphatic heterocycles. The first-order chi connectivity index (χ1) is 8.73. The maximum atomic E-state index is 6.07. The van der Waals surface area contributed by atoms with Crippen LogP contribution in [0.4, 0.5) is 0 Å². The number of aryl methyl sites for hydroxylation is 1. The molecule has 0 aromatic heterocycles. The van der Waals surface area contributed by atoms with Crippen molar-refractivity contribution in [3.8, 4) is 0 Å². The normalized spacial score (nSPS) is 22.5. The first-order valence-electron chi connectivity index (χ1n) is 7.14. The summed E-state index contributed by atoms with van der Waals surface area (Å²) in [6, 6.07) is 8.55. The zero-order valence-corrected chi connectivity index (χ0v) is 13.0. The molecule has 0 amide bonds. The molecule has 19 heavy (non-hydrogen) atoms. The second-order valence-electron chi connectivity index (χ2n) is 6.68. The molecular formula is C16H25BO2. The van der Waals surface area contributed by atoms with E-state index in [4.69, 9.17) is 9.31 Å². The molecule has 104 valence electrons. The van der Waals surface area contributed by atoms with E-state index in [1.54, 1.807) is 0 Å². The lowest BCUT2D eigenvalue weighted by Gasteiger charge is -2.32. The fraction of sp³-hybridized carbons (Fsp3) is 0.625. The SMILES string of the molecule is Cc1ccccc1C(C)CB1OC(C)(C)C(C)(C)O1. The molecule has 1 fully saturated rings. The zero-order chi connectivity index (χ0) is 14.3. The Morgan fingerprint density at radius 3 is 2.11 bits per heavy atom. The molecule has 0 saturated carbocycles. The summed E-state index contributed by atoms with van der Waals surface area (Å²) in [6.45, 7) is 12.8. The summed E-state index contributed by atoms with van der Waals surface area (Å²) in [5.41, 5.74) is 2.26. The summed E-state index contributed by atoms with van der Waals surface area (Å²) < 4.78 is 12.1. The first kappa shape index (κ1) is 14.6. The van der Waals surface area contributed by atoms with Crippen LogP contribution in [0.3, 0.4) is 0 Å². The Labute approximate surface area is 117 Å². The summed E-state index contributed by atoms with van der Waals surface area (Å²) in [4.78, 5) is 0. The monoisotopic (exact) mass is 260 g/mol. The molecule has 2 nitrogen and oxygen atoms in total. The fourth-order valence-electron chi connectivity index (χ4n) is 2.62. The maximum Gasteiger partial charge on any atom is 0.458 e. The van der Waals surface area contributed by atoms with E-state index in [0.717, 1.165) is 6.32 Å². The van der Waals surface area contributed by atoms with Crippen LogP contribution in [0, 0.1) is 6.92 Å². The molecule has 0 spiro atoms. The van der Waals surface area contributed by atoms with Crippen LogP contribution in [-0.2, 0) is 9.31 Å². The van der Waals surface area contributed by atoms with Crippen LogP contribution in [0.2, 0.25) is 6.32 Å². The van der Waals surface area contributed by atoms with Crippen molar-refractivity contribution in [2.45, 2.75) is 65.0 Å². The van der Waals surface area contributed by atoms with Crippen LogP contribution in [0.5, 0.6) is 0 Å². The third-order valence-electron chi connectivity index (χ3n) is 4.57. The Balaban J connectivity index is 2.06. The van der Waals surface area contributed by atoms with Crippen molar-refractivity contribution in [2.24, 2.45) is 0 Å². The van der Waals surface area contributed by atoms with Gasteiger partial charge < -0.3 is 9.31 Å². The smallest absolute Gasteiger partial charge is 0.403 e. The van der Waals surface area contributed by atoms with Crippen LogP contribution >= 0.6 is 0 Å². The third-order valence-corrected chi connectivity index (χ3v) is 4.57. The molecule has 1 heterocycles. The van der Waals surface area contributed by atoms with Gasteiger partial charge in [-0.25, -0.2) is 0 Å².